The van der Waals surface area contributed by atoms with Crippen molar-refractivity contribution in [3.8, 4) is 0 Å². The summed E-state index contributed by atoms with van der Waals surface area (Å²) in [4.78, 5) is 1.33. The summed E-state index contributed by atoms with van der Waals surface area (Å²) >= 11 is 0. The molecule has 1 aliphatic heterocycles. The van der Waals surface area contributed by atoms with E-state index in [9.17, 15) is 9.50 Å². The van der Waals surface area contributed by atoms with E-state index in [0.717, 1.165) is 0 Å². The third-order valence-corrected chi connectivity index (χ3v) is 2.94. The normalized spacial score (nSPS) is 38.4. The molecule has 1 N–H and O–H groups in total. The third-order valence-electron chi connectivity index (χ3n) is 2.94. The van der Waals surface area contributed by atoms with Crippen molar-refractivity contribution in [2.45, 2.75) is 19.8 Å². The molecular weight excluding hydrogens is 169 g/mol. The summed E-state index contributed by atoms with van der Waals surface area (Å²) in [5.41, 5.74) is -0.209. The number of likely N-dealkylation sites (tertiary alicyclic amines) is 1. The first-order valence-electron chi connectivity index (χ1n) is 6.05. The Hall–Kier alpha value is -0.410. The highest BCUT2D eigenvalue weighted by atomic mass is 19.1. The van der Waals surface area contributed by atoms with E-state index in [4.69, 9.17) is 4.11 Å². The quantitative estimate of drug-likeness (QED) is 0.714. The van der Waals surface area contributed by atoms with Crippen molar-refractivity contribution >= 4 is 0 Å². The monoisotopic (exact) mass is 190 g/mol. The molecular formula is C10H18FNO. The van der Waals surface area contributed by atoms with Gasteiger partial charge in [-0.1, -0.05) is 6.92 Å². The highest BCUT2D eigenvalue weighted by molar-refractivity contribution is 5.16. The zero-order valence-corrected chi connectivity index (χ0v) is 7.89. The average Bonchev–Trinajstić information content (AvgIpc) is 2.26. The van der Waals surface area contributed by atoms with E-state index in [-0.39, 0.29) is 13.2 Å². The van der Waals surface area contributed by atoms with Crippen molar-refractivity contribution in [2.24, 2.45) is 5.41 Å². The van der Waals surface area contributed by atoms with Gasteiger partial charge in [0.2, 0.25) is 0 Å². The number of halogens is 1. The molecule has 0 bridgehead atoms. The molecule has 76 valence electrons. The molecule has 0 radical (unpaired) electrons. The lowest BCUT2D eigenvalue weighted by molar-refractivity contribution is 0.0843. The fourth-order valence-corrected chi connectivity index (χ4v) is 1.84. The first-order valence-corrected chi connectivity index (χ1v) is 4.55. The summed E-state index contributed by atoms with van der Waals surface area (Å²) in [6.45, 7) is -0.0493. The Morgan fingerprint density at radius 1 is 1.85 bits per heavy atom. The van der Waals surface area contributed by atoms with Gasteiger partial charge in [0.25, 0.3) is 0 Å². The first-order chi connectivity index (χ1) is 7.39. The fourth-order valence-electron chi connectivity index (χ4n) is 1.84. The van der Waals surface area contributed by atoms with Crippen LogP contribution in [-0.4, -0.2) is 36.7 Å². The van der Waals surface area contributed by atoms with Gasteiger partial charge in [-0.25, -0.2) is 4.39 Å². The molecule has 1 fully saturated rings. The van der Waals surface area contributed by atoms with Crippen LogP contribution in [0.4, 0.5) is 4.39 Å². The Kier molecular flexibility index (Phi) is 2.25. The lowest BCUT2D eigenvalue weighted by Crippen LogP contribution is -2.44. The second-order valence-electron chi connectivity index (χ2n) is 3.60. The SMILES string of the molecule is [2H]C([2H])([2H])N1CC/C(=C\F)C(CC)(CO)C1. The van der Waals surface area contributed by atoms with Crippen LogP contribution >= 0.6 is 0 Å². The average molecular weight is 190 g/mol. The van der Waals surface area contributed by atoms with Gasteiger partial charge in [0.15, 0.2) is 0 Å². The fraction of sp³-hybridized carbons (Fsp3) is 0.800. The molecule has 0 amide bonds. The number of hydrogen-bond acceptors (Lipinski definition) is 2. The van der Waals surface area contributed by atoms with Crippen LogP contribution in [0, 0.1) is 5.41 Å². The maximum absolute atomic E-state index is 12.7. The van der Waals surface area contributed by atoms with Crippen LogP contribution in [0.5, 0.6) is 0 Å². The van der Waals surface area contributed by atoms with Gasteiger partial charge in [0, 0.05) is 22.6 Å². The van der Waals surface area contributed by atoms with Crippen LogP contribution in [0.25, 0.3) is 0 Å². The van der Waals surface area contributed by atoms with Crippen molar-refractivity contribution in [1.29, 1.82) is 0 Å². The topological polar surface area (TPSA) is 23.5 Å². The molecule has 1 heterocycles. The molecule has 13 heavy (non-hydrogen) atoms. The molecule has 1 unspecified atom stereocenters. The van der Waals surface area contributed by atoms with E-state index >= 15 is 0 Å². The van der Waals surface area contributed by atoms with Crippen molar-refractivity contribution in [3.63, 3.8) is 0 Å². The maximum atomic E-state index is 12.7. The molecule has 3 heteroatoms. The Morgan fingerprint density at radius 3 is 3.08 bits per heavy atom. The number of aliphatic hydroxyl groups is 1. The second kappa shape index (κ2) is 4.20. The minimum Gasteiger partial charge on any atom is -0.395 e. The van der Waals surface area contributed by atoms with Crippen molar-refractivity contribution in [1.82, 2.24) is 4.90 Å². The lowest BCUT2D eigenvalue weighted by atomic mass is 9.75. The van der Waals surface area contributed by atoms with Crippen LogP contribution in [-0.2, 0) is 0 Å². The third kappa shape index (κ3) is 1.92. The molecule has 1 aliphatic rings. The van der Waals surface area contributed by atoms with Crippen LogP contribution in [0.2, 0.25) is 0 Å². The highest BCUT2D eigenvalue weighted by Crippen LogP contribution is 2.37. The molecule has 1 saturated heterocycles. The first kappa shape index (κ1) is 6.96. The number of aliphatic hydroxyl groups excluding tert-OH is 1. The maximum Gasteiger partial charge on any atom is 0.0866 e. The van der Waals surface area contributed by atoms with Gasteiger partial charge in [-0.05, 0) is 25.4 Å². The minimum atomic E-state index is -2.17. The number of rotatable bonds is 2. The van der Waals surface area contributed by atoms with Gasteiger partial charge in [0.05, 0.1) is 12.9 Å². The van der Waals surface area contributed by atoms with Gasteiger partial charge in [-0.3, -0.25) is 0 Å². The predicted octanol–water partition coefficient (Wildman–Crippen LogP) is 1.56. The molecule has 1 atom stereocenters. The van der Waals surface area contributed by atoms with Crippen LogP contribution < -0.4 is 0 Å². The Morgan fingerprint density at radius 2 is 2.62 bits per heavy atom. The summed E-state index contributed by atoms with van der Waals surface area (Å²) in [7, 11) is 0. The molecule has 0 aromatic carbocycles. The van der Waals surface area contributed by atoms with Gasteiger partial charge in [-0.2, -0.15) is 0 Å². The van der Waals surface area contributed by atoms with Crippen molar-refractivity contribution in [2.75, 3.05) is 26.7 Å². The second-order valence-corrected chi connectivity index (χ2v) is 3.60. The smallest absolute Gasteiger partial charge is 0.0866 e. The number of piperidine rings is 1. The van der Waals surface area contributed by atoms with Gasteiger partial charge in [0.1, 0.15) is 0 Å². The number of nitrogens with zero attached hydrogens (tertiary/aromatic N) is 1. The van der Waals surface area contributed by atoms with Crippen molar-refractivity contribution in [3.05, 3.63) is 11.9 Å². The molecule has 0 spiro atoms. The Labute approximate surface area is 83.3 Å². The molecule has 2 nitrogen and oxygen atoms in total. The molecule has 0 aromatic rings. The standard InChI is InChI=1S/C10H18FNO/c1-3-10(8-13)7-12(2)5-4-9(10)6-11/h6,13H,3-5,7-8H2,1-2H3/b9-6+/i2D3. The largest absolute Gasteiger partial charge is 0.395 e. The van der Waals surface area contributed by atoms with Crippen LogP contribution in [0.3, 0.4) is 0 Å². The van der Waals surface area contributed by atoms with Crippen molar-refractivity contribution < 1.29 is 13.6 Å². The predicted molar refractivity (Wildman–Crippen MR) is 51.1 cm³/mol. The van der Waals surface area contributed by atoms with E-state index in [2.05, 4.69) is 0 Å². The molecule has 1 rings (SSSR count). The minimum absolute atomic E-state index is 0.187. The summed E-state index contributed by atoms with van der Waals surface area (Å²) in [5.74, 6) is 0. The van der Waals surface area contributed by atoms with E-state index < -0.39 is 12.4 Å². The van der Waals surface area contributed by atoms with Crippen LogP contribution in [0.15, 0.2) is 11.9 Å². The zero-order valence-electron chi connectivity index (χ0n) is 10.9. The number of hydrogen-bond donors (Lipinski definition) is 1. The van der Waals surface area contributed by atoms with E-state index in [1.54, 1.807) is 0 Å². The summed E-state index contributed by atoms with van der Waals surface area (Å²) in [6.07, 6.45) is 1.42. The Bertz CT molecular complexity index is 274. The van der Waals surface area contributed by atoms with Gasteiger partial charge < -0.3 is 10.0 Å². The summed E-state index contributed by atoms with van der Waals surface area (Å²) in [6, 6.07) is 0. The zero-order chi connectivity index (χ0) is 12.4. The van der Waals surface area contributed by atoms with Gasteiger partial charge >= 0.3 is 0 Å². The van der Waals surface area contributed by atoms with E-state index in [1.165, 1.54) is 4.90 Å². The van der Waals surface area contributed by atoms with E-state index in [0.29, 0.717) is 31.3 Å². The van der Waals surface area contributed by atoms with Crippen LogP contribution in [0.1, 0.15) is 23.9 Å². The molecule has 0 saturated carbocycles. The summed E-state index contributed by atoms with van der Waals surface area (Å²) in [5, 5.41) is 9.41. The highest BCUT2D eigenvalue weighted by Gasteiger charge is 2.36. The van der Waals surface area contributed by atoms with E-state index in [1.807, 2.05) is 6.92 Å². The van der Waals surface area contributed by atoms with Gasteiger partial charge in [-0.15, -0.1) is 0 Å². The lowest BCUT2D eigenvalue weighted by Gasteiger charge is -2.41. The molecule has 0 aromatic heterocycles. The Balaban J connectivity index is 2.93. The summed E-state index contributed by atoms with van der Waals surface area (Å²) < 4.78 is 34.8. The molecule has 0 aliphatic carbocycles.